The number of pyridine rings is 1. The quantitative estimate of drug-likeness (QED) is 0.669. The van der Waals surface area contributed by atoms with Crippen LogP contribution in [0.5, 0.6) is 0 Å². The summed E-state index contributed by atoms with van der Waals surface area (Å²) in [6.45, 7) is 0. The molecule has 5 heteroatoms. The van der Waals surface area contributed by atoms with E-state index in [0.29, 0.717) is 27.8 Å². The molecule has 0 unspecified atom stereocenters. The number of nitrogens with two attached hydrogens (primary N) is 1. The molecule has 1 aromatic carbocycles. The number of halogens is 1. The van der Waals surface area contributed by atoms with E-state index >= 15 is 0 Å². The Kier molecular flexibility index (Phi) is 2.23. The highest BCUT2D eigenvalue weighted by Crippen LogP contribution is 2.25. The summed E-state index contributed by atoms with van der Waals surface area (Å²) >= 11 is 5.84. The fourth-order valence-electron chi connectivity index (χ4n) is 1.59. The molecule has 0 aliphatic rings. The normalized spacial score (nSPS) is 10.9. The summed E-state index contributed by atoms with van der Waals surface area (Å²) in [5, 5.41) is 0.532. The van der Waals surface area contributed by atoms with Crippen LogP contribution in [0.1, 0.15) is 0 Å². The van der Waals surface area contributed by atoms with Crippen LogP contribution in [0, 0.1) is 0 Å². The largest absolute Gasteiger partial charge is 0.418 e. The van der Waals surface area contributed by atoms with E-state index < -0.39 is 0 Å². The number of rotatable bonds is 1. The topological polar surface area (TPSA) is 64.9 Å². The van der Waals surface area contributed by atoms with Gasteiger partial charge in [0.15, 0.2) is 0 Å². The van der Waals surface area contributed by atoms with Crippen LogP contribution in [0.15, 0.2) is 40.9 Å². The van der Waals surface area contributed by atoms with Crippen molar-refractivity contribution in [1.82, 2.24) is 9.97 Å². The van der Waals surface area contributed by atoms with Gasteiger partial charge in [0.2, 0.25) is 11.6 Å². The van der Waals surface area contributed by atoms with Crippen molar-refractivity contribution in [3.8, 4) is 11.5 Å². The van der Waals surface area contributed by atoms with Gasteiger partial charge in [-0.2, -0.15) is 0 Å². The van der Waals surface area contributed by atoms with E-state index in [9.17, 15) is 0 Å². The van der Waals surface area contributed by atoms with Crippen molar-refractivity contribution in [3.63, 3.8) is 0 Å². The number of hydrogen-bond donors (Lipinski definition) is 1. The number of nitrogens with zero attached hydrogens (tertiary/aromatic N) is 2. The second-order valence-electron chi connectivity index (χ2n) is 3.62. The van der Waals surface area contributed by atoms with Gasteiger partial charge in [0.1, 0.15) is 5.52 Å². The van der Waals surface area contributed by atoms with Gasteiger partial charge in [0, 0.05) is 17.4 Å². The molecule has 0 spiro atoms. The third kappa shape index (κ3) is 1.83. The Hall–Kier alpha value is -2.07. The van der Waals surface area contributed by atoms with Crippen LogP contribution in [0.2, 0.25) is 5.02 Å². The summed E-state index contributed by atoms with van der Waals surface area (Å²) in [7, 11) is 0. The maximum Gasteiger partial charge on any atom is 0.247 e. The molecule has 0 aliphatic heterocycles. The second kappa shape index (κ2) is 3.75. The van der Waals surface area contributed by atoms with Crippen molar-refractivity contribution in [2.45, 2.75) is 0 Å². The minimum atomic E-state index is 0.465. The van der Waals surface area contributed by atoms with Crippen molar-refractivity contribution in [2.24, 2.45) is 0 Å². The van der Waals surface area contributed by atoms with Crippen LogP contribution >= 0.6 is 11.6 Å². The first-order chi connectivity index (χ1) is 8.22. The predicted octanol–water partition coefficient (Wildman–Crippen LogP) is 3.13. The Labute approximate surface area is 102 Å². The molecule has 0 saturated heterocycles. The van der Waals surface area contributed by atoms with Gasteiger partial charge in [-0.15, -0.1) is 0 Å². The van der Waals surface area contributed by atoms with Crippen LogP contribution in [-0.4, -0.2) is 9.97 Å². The number of hydrogen-bond acceptors (Lipinski definition) is 4. The summed E-state index contributed by atoms with van der Waals surface area (Å²) in [5.74, 6) is 0.488. The Morgan fingerprint density at radius 1 is 1.24 bits per heavy atom. The molecule has 3 rings (SSSR count). The first kappa shape index (κ1) is 10.1. The molecule has 3 aromatic rings. The van der Waals surface area contributed by atoms with E-state index in [4.69, 9.17) is 21.8 Å². The monoisotopic (exact) mass is 245 g/mol. The highest BCUT2D eigenvalue weighted by molar-refractivity contribution is 6.30. The molecule has 4 nitrogen and oxygen atoms in total. The smallest absolute Gasteiger partial charge is 0.247 e. The Bertz CT molecular complexity index is 693. The Morgan fingerprint density at radius 2 is 2.12 bits per heavy atom. The predicted molar refractivity (Wildman–Crippen MR) is 66.7 cm³/mol. The van der Waals surface area contributed by atoms with Crippen molar-refractivity contribution < 1.29 is 4.42 Å². The first-order valence-corrected chi connectivity index (χ1v) is 5.38. The lowest BCUT2D eigenvalue weighted by Crippen LogP contribution is -1.84. The minimum absolute atomic E-state index is 0.465. The van der Waals surface area contributed by atoms with Crippen molar-refractivity contribution >= 4 is 28.5 Å². The van der Waals surface area contributed by atoms with Gasteiger partial charge in [0.05, 0.1) is 5.02 Å². The molecule has 84 valence electrons. The average Bonchev–Trinajstić information content (AvgIpc) is 2.72. The number of benzene rings is 1. The van der Waals surface area contributed by atoms with E-state index in [1.54, 1.807) is 18.2 Å². The van der Waals surface area contributed by atoms with Crippen molar-refractivity contribution in [1.29, 1.82) is 0 Å². The molecule has 0 amide bonds. The van der Waals surface area contributed by atoms with Gasteiger partial charge in [-0.05, 0) is 24.3 Å². The Balaban J connectivity index is 2.18. The number of anilines is 1. The average molecular weight is 246 g/mol. The van der Waals surface area contributed by atoms with E-state index in [0.717, 1.165) is 5.56 Å². The van der Waals surface area contributed by atoms with Gasteiger partial charge in [-0.1, -0.05) is 17.7 Å². The highest BCUT2D eigenvalue weighted by atomic mass is 35.5. The molecule has 17 heavy (non-hydrogen) atoms. The standard InChI is InChI=1S/C12H8ClN3O/c13-8-5-10-12(15-6-8)17-11(16-10)7-2-1-3-9(14)4-7/h1-6H,14H2. The number of nitrogen functional groups attached to an aromatic ring is 1. The molecular weight excluding hydrogens is 238 g/mol. The molecular formula is C12H8ClN3O. The maximum absolute atomic E-state index is 5.84. The zero-order valence-electron chi connectivity index (χ0n) is 8.72. The van der Waals surface area contributed by atoms with E-state index in [2.05, 4.69) is 9.97 Å². The molecule has 2 N–H and O–H groups in total. The van der Waals surface area contributed by atoms with E-state index in [1.807, 2.05) is 12.1 Å². The molecule has 0 saturated carbocycles. The van der Waals surface area contributed by atoms with Gasteiger partial charge >= 0.3 is 0 Å². The molecule has 0 bridgehead atoms. The van der Waals surface area contributed by atoms with E-state index in [1.165, 1.54) is 6.20 Å². The summed E-state index contributed by atoms with van der Waals surface area (Å²) in [6, 6.07) is 9.04. The SMILES string of the molecule is Nc1cccc(-c2nc3cc(Cl)cnc3o2)c1. The van der Waals surface area contributed by atoms with Crippen LogP contribution in [0.4, 0.5) is 5.69 Å². The van der Waals surface area contributed by atoms with E-state index in [-0.39, 0.29) is 0 Å². The lowest BCUT2D eigenvalue weighted by Gasteiger charge is -1.95. The number of aromatic nitrogens is 2. The first-order valence-electron chi connectivity index (χ1n) is 5.00. The molecule has 0 aliphatic carbocycles. The summed E-state index contributed by atoms with van der Waals surface area (Å²) in [5.41, 5.74) is 8.29. The summed E-state index contributed by atoms with van der Waals surface area (Å²) < 4.78 is 5.53. The molecule has 0 atom stereocenters. The lowest BCUT2D eigenvalue weighted by molar-refractivity contribution is 0.608. The minimum Gasteiger partial charge on any atom is -0.418 e. The zero-order valence-corrected chi connectivity index (χ0v) is 9.48. The van der Waals surface area contributed by atoms with Crippen LogP contribution in [0.3, 0.4) is 0 Å². The van der Waals surface area contributed by atoms with Gasteiger partial charge in [0.25, 0.3) is 0 Å². The molecule has 0 fully saturated rings. The fraction of sp³-hybridized carbons (Fsp3) is 0. The molecule has 2 aromatic heterocycles. The zero-order chi connectivity index (χ0) is 11.8. The van der Waals surface area contributed by atoms with Crippen LogP contribution in [-0.2, 0) is 0 Å². The maximum atomic E-state index is 5.84. The summed E-state index contributed by atoms with van der Waals surface area (Å²) in [6.07, 6.45) is 1.53. The Morgan fingerprint density at radius 3 is 2.94 bits per heavy atom. The van der Waals surface area contributed by atoms with Crippen LogP contribution in [0.25, 0.3) is 22.7 Å². The van der Waals surface area contributed by atoms with Gasteiger partial charge in [-0.25, -0.2) is 9.97 Å². The number of oxazole rings is 1. The summed E-state index contributed by atoms with van der Waals surface area (Å²) in [4.78, 5) is 8.37. The fourth-order valence-corrected chi connectivity index (χ4v) is 1.75. The third-order valence-corrected chi connectivity index (χ3v) is 2.55. The van der Waals surface area contributed by atoms with Crippen LogP contribution < -0.4 is 5.73 Å². The third-order valence-electron chi connectivity index (χ3n) is 2.35. The van der Waals surface area contributed by atoms with Crippen molar-refractivity contribution in [3.05, 3.63) is 41.6 Å². The van der Waals surface area contributed by atoms with Gasteiger partial charge in [-0.3, -0.25) is 0 Å². The molecule has 0 radical (unpaired) electrons. The molecule has 2 heterocycles. The number of fused-ring (bicyclic) bond motifs is 1. The highest BCUT2D eigenvalue weighted by Gasteiger charge is 2.09. The lowest BCUT2D eigenvalue weighted by atomic mass is 10.2. The second-order valence-corrected chi connectivity index (χ2v) is 4.06. The van der Waals surface area contributed by atoms with Crippen molar-refractivity contribution in [2.75, 3.05) is 5.73 Å². The van der Waals surface area contributed by atoms with Gasteiger partial charge < -0.3 is 10.2 Å².